The first kappa shape index (κ1) is 20.5. The number of aryl methyl sites for hydroxylation is 1. The summed E-state index contributed by atoms with van der Waals surface area (Å²) in [6.45, 7) is 9.95. The van der Waals surface area contributed by atoms with Gasteiger partial charge in [0.2, 0.25) is 0 Å². The van der Waals surface area contributed by atoms with Crippen LogP contribution >= 0.6 is 0 Å². The van der Waals surface area contributed by atoms with E-state index < -0.39 is 14.2 Å². The fraction of sp³-hybridized carbons (Fsp3) is 0.579. The van der Waals surface area contributed by atoms with Crippen molar-refractivity contribution in [3.8, 4) is 0 Å². The van der Waals surface area contributed by atoms with Gasteiger partial charge in [-0.1, -0.05) is 25.7 Å². The lowest BCUT2D eigenvalue weighted by Gasteiger charge is -2.35. The second kappa shape index (κ2) is 8.00. The normalized spacial score (nSPS) is 15.4. The van der Waals surface area contributed by atoms with Gasteiger partial charge in [-0.15, -0.1) is 0 Å². The van der Waals surface area contributed by atoms with Gasteiger partial charge in [0.05, 0.1) is 16.7 Å². The Bertz CT molecular complexity index is 907. The van der Waals surface area contributed by atoms with Crippen molar-refractivity contribution in [2.45, 2.75) is 32.4 Å². The Morgan fingerprint density at radius 3 is 2.46 bits per heavy atom. The predicted molar refractivity (Wildman–Crippen MR) is 113 cm³/mol. The monoisotopic (exact) mass is 406 g/mol. The average molecular weight is 407 g/mol. The van der Waals surface area contributed by atoms with Crippen molar-refractivity contribution in [2.24, 2.45) is 7.05 Å². The lowest BCUT2D eigenvalue weighted by atomic mass is 10.2. The molecule has 0 spiro atoms. The van der Waals surface area contributed by atoms with Gasteiger partial charge in [-0.2, -0.15) is 0 Å². The number of piperazine rings is 1. The molecular formula is C19H30N4O4Si. The zero-order chi connectivity index (χ0) is 20.5. The average Bonchev–Trinajstić information content (AvgIpc) is 2.89. The highest BCUT2D eigenvalue weighted by atomic mass is 28.3. The van der Waals surface area contributed by atoms with Gasteiger partial charge in [0.25, 0.3) is 0 Å². The minimum absolute atomic E-state index is 0.0976. The van der Waals surface area contributed by atoms with Crippen LogP contribution in [0.4, 0.5) is 10.5 Å². The molecule has 1 saturated heterocycles. The number of fused-ring (bicyclic) bond motifs is 1. The number of nitrogens with zero attached hydrogens (tertiary/aromatic N) is 4. The van der Waals surface area contributed by atoms with Crippen LogP contribution in [-0.2, 0) is 18.5 Å². The molecule has 0 saturated carbocycles. The van der Waals surface area contributed by atoms with E-state index in [0.29, 0.717) is 32.8 Å². The zero-order valence-corrected chi connectivity index (χ0v) is 18.1. The summed E-state index contributed by atoms with van der Waals surface area (Å²) in [6.07, 6.45) is -0.883. The van der Waals surface area contributed by atoms with E-state index in [1.807, 2.05) is 18.2 Å². The fourth-order valence-electron chi connectivity index (χ4n) is 3.51. The van der Waals surface area contributed by atoms with E-state index in [2.05, 4.69) is 24.5 Å². The topological polar surface area (TPSA) is 79.9 Å². The van der Waals surface area contributed by atoms with Gasteiger partial charge in [-0.05, 0) is 18.2 Å². The van der Waals surface area contributed by atoms with Gasteiger partial charge in [0.1, 0.15) is 6.73 Å². The van der Waals surface area contributed by atoms with Gasteiger partial charge in [-0.3, -0.25) is 9.13 Å². The number of benzene rings is 1. The van der Waals surface area contributed by atoms with Crippen LogP contribution in [-0.4, -0.2) is 66.1 Å². The number of para-hydroxylation sites is 1. The molecule has 1 N–H and O–H groups in total. The van der Waals surface area contributed by atoms with Crippen molar-refractivity contribution in [1.82, 2.24) is 14.0 Å². The Morgan fingerprint density at radius 1 is 1.18 bits per heavy atom. The summed E-state index contributed by atoms with van der Waals surface area (Å²) in [5.41, 5.74) is 2.58. The molecule has 0 bridgehead atoms. The Balaban J connectivity index is 1.83. The molecule has 0 atom stereocenters. The molecule has 8 nitrogen and oxygen atoms in total. The molecule has 0 unspecified atom stereocenters. The van der Waals surface area contributed by atoms with Crippen molar-refractivity contribution in [2.75, 3.05) is 37.7 Å². The summed E-state index contributed by atoms with van der Waals surface area (Å²) >= 11 is 0. The summed E-state index contributed by atoms with van der Waals surface area (Å²) < 4.78 is 9.16. The van der Waals surface area contributed by atoms with Gasteiger partial charge in [0, 0.05) is 47.9 Å². The quantitative estimate of drug-likeness (QED) is 0.589. The summed E-state index contributed by atoms with van der Waals surface area (Å²) in [6, 6.07) is 6.94. The molecule has 1 aromatic carbocycles. The third-order valence-electron chi connectivity index (χ3n) is 5.25. The van der Waals surface area contributed by atoms with Crippen molar-refractivity contribution in [3.05, 3.63) is 28.7 Å². The predicted octanol–water partition coefficient (Wildman–Crippen LogP) is 2.45. The van der Waals surface area contributed by atoms with E-state index in [1.54, 1.807) is 16.2 Å². The number of amides is 1. The fourth-order valence-corrected chi connectivity index (χ4v) is 4.27. The summed E-state index contributed by atoms with van der Waals surface area (Å²) in [5, 5.41) is 9.15. The van der Waals surface area contributed by atoms with E-state index in [4.69, 9.17) is 9.84 Å². The van der Waals surface area contributed by atoms with Crippen LogP contribution in [0, 0.1) is 0 Å². The van der Waals surface area contributed by atoms with E-state index in [1.165, 1.54) is 4.90 Å². The summed E-state index contributed by atoms with van der Waals surface area (Å²) in [5.74, 6) is 0. The van der Waals surface area contributed by atoms with Crippen LogP contribution in [0.15, 0.2) is 23.0 Å². The number of hydrogen-bond donors (Lipinski definition) is 1. The number of imidazole rings is 1. The number of hydrogen-bond acceptors (Lipinski definition) is 4. The molecule has 2 heterocycles. The van der Waals surface area contributed by atoms with Crippen LogP contribution in [0.1, 0.15) is 0 Å². The van der Waals surface area contributed by atoms with Gasteiger partial charge < -0.3 is 19.6 Å². The number of anilines is 1. The lowest BCUT2D eigenvalue weighted by Crippen LogP contribution is -2.48. The summed E-state index contributed by atoms with van der Waals surface area (Å²) in [4.78, 5) is 27.5. The maximum absolute atomic E-state index is 12.8. The maximum Gasteiger partial charge on any atom is 0.407 e. The zero-order valence-electron chi connectivity index (χ0n) is 17.1. The molecule has 28 heavy (non-hydrogen) atoms. The molecule has 1 amide bonds. The molecule has 1 fully saturated rings. The minimum atomic E-state index is -1.17. The second-order valence-electron chi connectivity index (χ2n) is 8.52. The largest absolute Gasteiger partial charge is 0.465 e. The third kappa shape index (κ3) is 4.25. The van der Waals surface area contributed by atoms with Gasteiger partial charge >= 0.3 is 11.8 Å². The molecule has 1 aromatic heterocycles. The van der Waals surface area contributed by atoms with Crippen molar-refractivity contribution < 1.29 is 14.6 Å². The summed E-state index contributed by atoms with van der Waals surface area (Å²) in [7, 11) is 0.605. The number of carboxylic acid groups (broad SMARTS) is 1. The highest BCUT2D eigenvalue weighted by Gasteiger charge is 2.24. The third-order valence-corrected chi connectivity index (χ3v) is 6.95. The molecule has 154 valence electrons. The number of aromatic nitrogens is 2. The van der Waals surface area contributed by atoms with E-state index in [-0.39, 0.29) is 12.4 Å². The Labute approximate surface area is 165 Å². The van der Waals surface area contributed by atoms with Gasteiger partial charge in [0.15, 0.2) is 0 Å². The highest BCUT2D eigenvalue weighted by molar-refractivity contribution is 6.76. The SMILES string of the molecule is Cn1c(=O)n(COCC[Si](C)(C)C)c2cccc(N3CCN(C(=O)O)CC3)c21. The van der Waals surface area contributed by atoms with E-state index in [0.717, 1.165) is 22.8 Å². The van der Waals surface area contributed by atoms with E-state index in [9.17, 15) is 9.59 Å². The molecule has 0 radical (unpaired) electrons. The van der Waals surface area contributed by atoms with Crippen LogP contribution < -0.4 is 10.6 Å². The van der Waals surface area contributed by atoms with Crippen LogP contribution in [0.5, 0.6) is 0 Å². The number of rotatable bonds is 6. The first-order valence-corrected chi connectivity index (χ1v) is 13.4. The van der Waals surface area contributed by atoms with Gasteiger partial charge in [-0.25, -0.2) is 9.59 Å². The van der Waals surface area contributed by atoms with Crippen molar-refractivity contribution in [3.63, 3.8) is 0 Å². The molecule has 1 aliphatic heterocycles. The van der Waals surface area contributed by atoms with E-state index >= 15 is 0 Å². The first-order chi connectivity index (χ1) is 13.2. The lowest BCUT2D eigenvalue weighted by molar-refractivity contribution is 0.0873. The molecule has 3 rings (SSSR count). The smallest absolute Gasteiger partial charge is 0.407 e. The molecule has 2 aromatic rings. The minimum Gasteiger partial charge on any atom is -0.465 e. The molecule has 9 heteroatoms. The van der Waals surface area contributed by atoms with Crippen LogP contribution in [0.2, 0.25) is 25.7 Å². The Kier molecular flexibility index (Phi) is 5.85. The highest BCUT2D eigenvalue weighted by Crippen LogP contribution is 2.27. The molecule has 1 aliphatic rings. The number of ether oxygens (including phenoxy) is 1. The standard InChI is InChI=1S/C19H30N4O4Si/c1-20-17-15(21-8-10-22(11-9-21)19(25)26)6-5-7-16(17)23(18(20)24)14-27-12-13-28(2,3)4/h5-7H,8-14H2,1-4H3,(H,25,26). The van der Waals surface area contributed by atoms with Crippen LogP contribution in [0.25, 0.3) is 11.0 Å². The maximum atomic E-state index is 12.8. The first-order valence-electron chi connectivity index (χ1n) is 9.68. The second-order valence-corrected chi connectivity index (χ2v) is 14.1. The Morgan fingerprint density at radius 2 is 1.86 bits per heavy atom. The molecule has 0 aliphatic carbocycles. The Hall–Kier alpha value is -2.26. The van der Waals surface area contributed by atoms with Crippen LogP contribution in [0.3, 0.4) is 0 Å². The van der Waals surface area contributed by atoms with Crippen molar-refractivity contribution >= 4 is 30.9 Å². The number of carbonyl (C=O) groups is 1. The van der Waals surface area contributed by atoms with Crippen molar-refractivity contribution in [1.29, 1.82) is 0 Å². The molecular weight excluding hydrogens is 376 g/mol.